The Kier molecular flexibility index (Phi) is 10.9. The molecule has 0 saturated carbocycles. The molecule has 1 N–H and O–H groups in total. The lowest BCUT2D eigenvalue weighted by Gasteiger charge is -2.25. The van der Waals surface area contributed by atoms with Crippen molar-refractivity contribution in [2.24, 2.45) is 12.0 Å². The van der Waals surface area contributed by atoms with Crippen molar-refractivity contribution in [3.8, 4) is 0 Å². The van der Waals surface area contributed by atoms with Crippen LogP contribution in [0, 0.1) is 0 Å². The first kappa shape index (κ1) is 24.8. The largest absolute Gasteiger partial charge is 0.357 e. The Morgan fingerprint density at radius 2 is 1.93 bits per heavy atom. The molecule has 1 unspecified atom stereocenters. The van der Waals surface area contributed by atoms with Gasteiger partial charge in [-0.2, -0.15) is 5.10 Å². The van der Waals surface area contributed by atoms with Crippen LogP contribution in [0.2, 0.25) is 0 Å². The first-order chi connectivity index (χ1) is 12.9. The standard InChI is InChI=1S/C20H32N6S.HI/c1-7-21-20(25(4)14-16-8-10-18(27-6)11-9-16)22-13-19(24(2)3)17-12-23-26(5)15-17;/h8-12,15,19H,7,13-14H2,1-6H3,(H,21,22);1H. The van der Waals surface area contributed by atoms with Gasteiger partial charge in [0, 0.05) is 43.8 Å². The fourth-order valence-electron chi connectivity index (χ4n) is 2.90. The maximum atomic E-state index is 4.90. The normalized spacial score (nSPS) is 12.6. The van der Waals surface area contributed by atoms with Crippen LogP contribution in [-0.4, -0.2) is 66.0 Å². The van der Waals surface area contributed by atoms with Gasteiger partial charge in [0.15, 0.2) is 5.96 Å². The van der Waals surface area contributed by atoms with E-state index < -0.39 is 0 Å². The smallest absolute Gasteiger partial charge is 0.194 e. The molecule has 156 valence electrons. The molecule has 0 fully saturated rings. The zero-order valence-electron chi connectivity index (χ0n) is 17.7. The molecule has 0 aliphatic rings. The number of aromatic nitrogens is 2. The third kappa shape index (κ3) is 7.29. The zero-order valence-corrected chi connectivity index (χ0v) is 20.9. The molecule has 0 spiro atoms. The number of rotatable bonds is 8. The molecule has 2 rings (SSSR count). The Hall–Kier alpha value is -1.26. The van der Waals surface area contributed by atoms with Crippen molar-refractivity contribution in [3.63, 3.8) is 0 Å². The van der Waals surface area contributed by atoms with Crippen LogP contribution in [0.3, 0.4) is 0 Å². The van der Waals surface area contributed by atoms with Crippen LogP contribution in [0.15, 0.2) is 46.5 Å². The second-order valence-electron chi connectivity index (χ2n) is 6.83. The van der Waals surface area contributed by atoms with E-state index in [0.29, 0.717) is 6.54 Å². The van der Waals surface area contributed by atoms with E-state index in [9.17, 15) is 0 Å². The average Bonchev–Trinajstić information content (AvgIpc) is 3.07. The molecule has 28 heavy (non-hydrogen) atoms. The summed E-state index contributed by atoms with van der Waals surface area (Å²) >= 11 is 1.76. The summed E-state index contributed by atoms with van der Waals surface area (Å²) in [5.41, 5.74) is 2.45. The summed E-state index contributed by atoms with van der Waals surface area (Å²) in [6.45, 7) is 4.44. The quantitative estimate of drug-likeness (QED) is 0.252. The van der Waals surface area contributed by atoms with Gasteiger partial charge in [-0.05, 0) is 45.0 Å². The third-order valence-electron chi connectivity index (χ3n) is 4.42. The molecule has 8 heteroatoms. The van der Waals surface area contributed by atoms with Gasteiger partial charge in [-0.25, -0.2) is 0 Å². The number of hydrogen-bond donors (Lipinski definition) is 1. The van der Waals surface area contributed by atoms with E-state index in [-0.39, 0.29) is 30.0 Å². The molecule has 0 aliphatic carbocycles. The molecule has 0 bridgehead atoms. The Balaban J connectivity index is 0.00000392. The predicted molar refractivity (Wildman–Crippen MR) is 131 cm³/mol. The summed E-state index contributed by atoms with van der Waals surface area (Å²) < 4.78 is 1.84. The average molecular weight is 516 g/mol. The summed E-state index contributed by atoms with van der Waals surface area (Å²) in [4.78, 5) is 10.5. The highest BCUT2D eigenvalue weighted by Gasteiger charge is 2.16. The lowest BCUT2D eigenvalue weighted by Crippen LogP contribution is -2.39. The van der Waals surface area contributed by atoms with Gasteiger partial charge in [0.25, 0.3) is 0 Å². The number of aliphatic imine (C=N–C) groups is 1. The van der Waals surface area contributed by atoms with Crippen LogP contribution in [0.25, 0.3) is 0 Å². The second kappa shape index (κ2) is 12.3. The van der Waals surface area contributed by atoms with Crippen LogP contribution in [0.5, 0.6) is 0 Å². The molecular weight excluding hydrogens is 483 g/mol. The van der Waals surface area contributed by atoms with Crippen LogP contribution in [0.1, 0.15) is 24.1 Å². The molecule has 0 aliphatic heterocycles. The first-order valence-corrected chi connectivity index (χ1v) is 10.4. The highest BCUT2D eigenvalue weighted by molar-refractivity contribution is 14.0. The predicted octanol–water partition coefficient (Wildman–Crippen LogP) is 3.46. The molecule has 1 atom stereocenters. The van der Waals surface area contributed by atoms with Crippen molar-refractivity contribution in [2.75, 3.05) is 40.5 Å². The zero-order chi connectivity index (χ0) is 19.8. The molecule has 1 aromatic heterocycles. The van der Waals surface area contributed by atoms with Gasteiger partial charge in [-0.3, -0.25) is 9.67 Å². The summed E-state index contributed by atoms with van der Waals surface area (Å²) in [5, 5.41) is 7.71. The number of hydrogen-bond acceptors (Lipinski definition) is 4. The maximum absolute atomic E-state index is 4.90. The number of nitrogens with one attached hydrogen (secondary N) is 1. The summed E-state index contributed by atoms with van der Waals surface area (Å²) in [6.07, 6.45) is 6.08. The van der Waals surface area contributed by atoms with E-state index in [1.807, 2.05) is 17.9 Å². The van der Waals surface area contributed by atoms with Gasteiger partial charge in [-0.1, -0.05) is 12.1 Å². The van der Waals surface area contributed by atoms with Gasteiger partial charge >= 0.3 is 0 Å². The highest BCUT2D eigenvalue weighted by Crippen LogP contribution is 2.18. The summed E-state index contributed by atoms with van der Waals surface area (Å²) in [6, 6.07) is 8.90. The van der Waals surface area contributed by atoms with Gasteiger partial charge in [-0.15, -0.1) is 35.7 Å². The van der Waals surface area contributed by atoms with E-state index in [0.717, 1.165) is 19.0 Å². The molecule has 1 heterocycles. The highest BCUT2D eigenvalue weighted by atomic mass is 127. The van der Waals surface area contributed by atoms with E-state index in [2.05, 4.69) is 85.0 Å². The summed E-state index contributed by atoms with van der Waals surface area (Å²) in [7, 11) is 8.19. The van der Waals surface area contributed by atoms with Gasteiger partial charge < -0.3 is 15.1 Å². The van der Waals surface area contributed by atoms with Crippen LogP contribution < -0.4 is 5.32 Å². The lowest BCUT2D eigenvalue weighted by atomic mass is 10.1. The summed E-state index contributed by atoms with van der Waals surface area (Å²) in [5.74, 6) is 0.919. The van der Waals surface area contributed by atoms with Crippen molar-refractivity contribution in [2.45, 2.75) is 24.4 Å². The number of nitrogens with zero attached hydrogens (tertiary/aromatic N) is 5. The van der Waals surface area contributed by atoms with E-state index in [1.165, 1.54) is 16.0 Å². The Morgan fingerprint density at radius 3 is 2.43 bits per heavy atom. The maximum Gasteiger partial charge on any atom is 0.194 e. The van der Waals surface area contributed by atoms with E-state index in [1.54, 1.807) is 11.8 Å². The lowest BCUT2D eigenvalue weighted by molar-refractivity contribution is 0.305. The van der Waals surface area contributed by atoms with Crippen molar-refractivity contribution in [1.29, 1.82) is 0 Å². The molecule has 0 amide bonds. The molecule has 6 nitrogen and oxygen atoms in total. The number of halogens is 1. The Morgan fingerprint density at radius 1 is 1.25 bits per heavy atom. The Labute approximate surface area is 190 Å². The van der Waals surface area contributed by atoms with Crippen molar-refractivity contribution in [1.82, 2.24) is 24.9 Å². The number of benzene rings is 1. The van der Waals surface area contributed by atoms with Crippen molar-refractivity contribution in [3.05, 3.63) is 47.8 Å². The van der Waals surface area contributed by atoms with Gasteiger partial charge in [0.05, 0.1) is 18.8 Å². The van der Waals surface area contributed by atoms with Gasteiger partial charge in [0.2, 0.25) is 0 Å². The van der Waals surface area contributed by atoms with E-state index in [4.69, 9.17) is 4.99 Å². The van der Waals surface area contributed by atoms with Crippen molar-refractivity contribution < 1.29 is 0 Å². The Bertz CT molecular complexity index is 729. The van der Waals surface area contributed by atoms with Gasteiger partial charge in [0.1, 0.15) is 0 Å². The molecular formula is C20H33IN6S. The third-order valence-corrected chi connectivity index (χ3v) is 5.17. The minimum absolute atomic E-state index is 0. The van der Waals surface area contributed by atoms with Crippen LogP contribution >= 0.6 is 35.7 Å². The number of likely N-dealkylation sites (N-methyl/N-ethyl adjacent to an activating group) is 1. The van der Waals surface area contributed by atoms with Crippen molar-refractivity contribution >= 4 is 41.7 Å². The van der Waals surface area contributed by atoms with Crippen LogP contribution in [-0.2, 0) is 13.6 Å². The number of thioether (sulfide) groups is 1. The minimum Gasteiger partial charge on any atom is -0.357 e. The molecule has 1 aromatic carbocycles. The molecule has 2 aromatic rings. The fourth-order valence-corrected chi connectivity index (χ4v) is 3.31. The monoisotopic (exact) mass is 516 g/mol. The second-order valence-corrected chi connectivity index (χ2v) is 7.71. The number of aryl methyl sites for hydroxylation is 1. The molecule has 0 saturated heterocycles. The first-order valence-electron chi connectivity index (χ1n) is 9.22. The van der Waals surface area contributed by atoms with E-state index >= 15 is 0 Å². The fraction of sp³-hybridized carbons (Fsp3) is 0.500. The topological polar surface area (TPSA) is 48.7 Å². The number of guanidine groups is 1. The molecule has 0 radical (unpaired) electrons. The minimum atomic E-state index is 0. The SMILES string of the molecule is CCNC(=NCC(c1cnn(C)c1)N(C)C)N(C)Cc1ccc(SC)cc1.I. The van der Waals surface area contributed by atoms with Crippen LogP contribution in [0.4, 0.5) is 0 Å².